The lowest BCUT2D eigenvalue weighted by Crippen LogP contribution is -2.54. The van der Waals surface area contributed by atoms with Gasteiger partial charge in [0.25, 0.3) is 11.8 Å². The molecule has 1 aliphatic carbocycles. The largest absolute Gasteiger partial charge is 0.345 e. The van der Waals surface area contributed by atoms with E-state index in [2.05, 4.69) is 26.6 Å². The zero-order chi connectivity index (χ0) is 22.7. The fraction of sp³-hybridized carbons (Fsp3) is 0.304. The van der Waals surface area contributed by atoms with Gasteiger partial charge in [0.1, 0.15) is 0 Å². The Balaban J connectivity index is 1.40. The van der Waals surface area contributed by atoms with E-state index in [0.717, 1.165) is 12.8 Å². The number of benzene rings is 2. The smallest absolute Gasteiger partial charge is 0.312 e. The second-order valence-electron chi connectivity index (χ2n) is 7.81. The van der Waals surface area contributed by atoms with Crippen molar-refractivity contribution in [2.45, 2.75) is 18.9 Å². The molecule has 2 aromatic carbocycles. The summed E-state index contributed by atoms with van der Waals surface area (Å²) in [6.07, 6.45) is 1.83. The molecule has 0 unspecified atom stereocenters. The maximum atomic E-state index is 13.2. The van der Waals surface area contributed by atoms with Crippen molar-refractivity contribution in [1.82, 2.24) is 15.1 Å². The van der Waals surface area contributed by atoms with Crippen LogP contribution < -0.4 is 10.6 Å². The number of nitrogens with zero attached hydrogens (tertiary/aromatic N) is 2. The molecule has 2 N–H and O–H groups in total. The molecule has 0 aromatic heterocycles. The highest BCUT2D eigenvalue weighted by molar-refractivity contribution is 9.10. The molecule has 2 fully saturated rings. The Morgan fingerprint density at radius 3 is 2.06 bits per heavy atom. The second kappa shape index (κ2) is 9.52. The number of para-hydroxylation sites is 1. The summed E-state index contributed by atoms with van der Waals surface area (Å²) >= 11 is 3.37. The summed E-state index contributed by atoms with van der Waals surface area (Å²) in [4.78, 5) is 53.3. The average Bonchev–Trinajstić information content (AvgIpc) is 3.63. The number of amides is 4. The van der Waals surface area contributed by atoms with E-state index < -0.39 is 11.8 Å². The van der Waals surface area contributed by atoms with Crippen LogP contribution >= 0.6 is 15.9 Å². The summed E-state index contributed by atoms with van der Waals surface area (Å²) in [5.74, 6) is -1.69. The van der Waals surface area contributed by atoms with Crippen molar-refractivity contribution in [3.8, 4) is 0 Å². The molecule has 9 heteroatoms. The van der Waals surface area contributed by atoms with Crippen molar-refractivity contribution >= 4 is 45.2 Å². The lowest BCUT2D eigenvalue weighted by molar-refractivity contribution is -0.146. The fourth-order valence-electron chi connectivity index (χ4n) is 3.51. The quantitative estimate of drug-likeness (QED) is 0.631. The standard InChI is InChI=1S/C23H23BrN4O4/c24-18-7-3-1-5-16(18)20(29)26-19-8-4-2-6-17(19)22(31)27-11-13-28(14-12-27)23(32)21(30)25-15-9-10-15/h1-8,15H,9-14H2,(H,25,30)(H,26,29). The molecular weight excluding hydrogens is 476 g/mol. The van der Waals surface area contributed by atoms with Crippen LogP contribution in [0.4, 0.5) is 5.69 Å². The van der Waals surface area contributed by atoms with Crippen LogP contribution in [0.25, 0.3) is 0 Å². The van der Waals surface area contributed by atoms with Gasteiger partial charge >= 0.3 is 11.8 Å². The first kappa shape index (κ1) is 22.0. The summed E-state index contributed by atoms with van der Waals surface area (Å²) in [5, 5.41) is 5.52. The van der Waals surface area contributed by atoms with E-state index in [9.17, 15) is 19.2 Å². The fourth-order valence-corrected chi connectivity index (χ4v) is 3.98. The molecule has 1 heterocycles. The number of hydrogen-bond donors (Lipinski definition) is 2. The van der Waals surface area contributed by atoms with Gasteiger partial charge in [-0.3, -0.25) is 19.2 Å². The minimum Gasteiger partial charge on any atom is -0.345 e. The molecule has 0 radical (unpaired) electrons. The Hall–Kier alpha value is -3.20. The minimum atomic E-state index is -0.576. The van der Waals surface area contributed by atoms with Crippen LogP contribution in [0, 0.1) is 0 Å². The van der Waals surface area contributed by atoms with Crippen molar-refractivity contribution < 1.29 is 19.2 Å². The third kappa shape index (κ3) is 4.99. The molecule has 2 aliphatic rings. The van der Waals surface area contributed by atoms with Gasteiger partial charge in [-0.2, -0.15) is 0 Å². The lowest BCUT2D eigenvalue weighted by Gasteiger charge is -2.34. The number of nitrogens with one attached hydrogen (secondary N) is 2. The Kier molecular flexibility index (Phi) is 6.55. The number of carbonyl (C=O) groups is 4. The van der Waals surface area contributed by atoms with Gasteiger partial charge in [0.05, 0.1) is 16.8 Å². The Labute approximate surface area is 194 Å². The Morgan fingerprint density at radius 2 is 1.41 bits per heavy atom. The number of hydrogen-bond acceptors (Lipinski definition) is 4. The number of piperazine rings is 1. The average molecular weight is 499 g/mol. The van der Waals surface area contributed by atoms with Gasteiger partial charge in [0, 0.05) is 36.7 Å². The molecule has 1 aliphatic heterocycles. The monoisotopic (exact) mass is 498 g/mol. The van der Waals surface area contributed by atoms with E-state index in [1.54, 1.807) is 47.4 Å². The first-order chi connectivity index (χ1) is 15.4. The molecule has 4 rings (SSSR count). The van der Waals surface area contributed by atoms with Gasteiger partial charge in [-0.05, 0) is 53.0 Å². The van der Waals surface area contributed by atoms with Crippen LogP contribution in [0.3, 0.4) is 0 Å². The molecule has 0 spiro atoms. The number of halogens is 1. The summed E-state index contributed by atoms with van der Waals surface area (Å²) < 4.78 is 0.660. The van der Waals surface area contributed by atoms with Gasteiger partial charge < -0.3 is 20.4 Å². The molecule has 166 valence electrons. The molecule has 4 amide bonds. The van der Waals surface area contributed by atoms with Crippen molar-refractivity contribution in [2.24, 2.45) is 0 Å². The maximum absolute atomic E-state index is 13.2. The van der Waals surface area contributed by atoms with E-state index in [0.29, 0.717) is 34.4 Å². The van der Waals surface area contributed by atoms with Crippen LogP contribution in [0.5, 0.6) is 0 Å². The van der Waals surface area contributed by atoms with Crippen LogP contribution in [0.15, 0.2) is 53.0 Å². The van der Waals surface area contributed by atoms with Gasteiger partial charge in [-0.15, -0.1) is 0 Å². The Bertz CT molecular complexity index is 1060. The predicted molar refractivity (Wildman–Crippen MR) is 122 cm³/mol. The van der Waals surface area contributed by atoms with Gasteiger partial charge in [0.2, 0.25) is 0 Å². The predicted octanol–water partition coefficient (Wildman–Crippen LogP) is 2.26. The topological polar surface area (TPSA) is 98.8 Å². The van der Waals surface area contributed by atoms with Crippen molar-refractivity contribution in [3.05, 3.63) is 64.1 Å². The SMILES string of the molecule is O=C(NC1CC1)C(=O)N1CCN(C(=O)c2ccccc2NC(=O)c2ccccc2Br)CC1. The zero-order valence-electron chi connectivity index (χ0n) is 17.3. The second-order valence-corrected chi connectivity index (χ2v) is 8.67. The third-order valence-electron chi connectivity index (χ3n) is 5.49. The maximum Gasteiger partial charge on any atom is 0.312 e. The number of anilines is 1. The molecule has 0 bridgehead atoms. The summed E-state index contributed by atoms with van der Waals surface area (Å²) in [6.45, 7) is 1.20. The molecule has 1 saturated heterocycles. The van der Waals surface area contributed by atoms with Gasteiger partial charge in [-0.1, -0.05) is 24.3 Å². The number of carbonyl (C=O) groups excluding carboxylic acids is 4. The molecule has 2 aromatic rings. The van der Waals surface area contributed by atoms with E-state index >= 15 is 0 Å². The lowest BCUT2D eigenvalue weighted by atomic mass is 10.1. The van der Waals surface area contributed by atoms with Crippen molar-refractivity contribution in [3.63, 3.8) is 0 Å². The Morgan fingerprint density at radius 1 is 0.812 bits per heavy atom. The molecular formula is C23H23BrN4O4. The highest BCUT2D eigenvalue weighted by atomic mass is 79.9. The van der Waals surface area contributed by atoms with E-state index in [1.807, 2.05) is 6.07 Å². The highest BCUT2D eigenvalue weighted by Crippen LogP contribution is 2.22. The molecule has 32 heavy (non-hydrogen) atoms. The van der Waals surface area contributed by atoms with E-state index in [-0.39, 0.29) is 30.9 Å². The molecule has 1 saturated carbocycles. The van der Waals surface area contributed by atoms with Crippen LogP contribution in [0.1, 0.15) is 33.6 Å². The summed E-state index contributed by atoms with van der Waals surface area (Å²) in [7, 11) is 0. The number of rotatable bonds is 4. The van der Waals surface area contributed by atoms with Crippen molar-refractivity contribution in [2.75, 3.05) is 31.5 Å². The van der Waals surface area contributed by atoms with Gasteiger partial charge in [-0.25, -0.2) is 0 Å². The minimum absolute atomic E-state index is 0.123. The van der Waals surface area contributed by atoms with Crippen LogP contribution in [-0.2, 0) is 9.59 Å². The van der Waals surface area contributed by atoms with Crippen LogP contribution in [0.2, 0.25) is 0 Å². The van der Waals surface area contributed by atoms with E-state index in [1.165, 1.54) is 4.90 Å². The molecule has 8 nitrogen and oxygen atoms in total. The summed E-state index contributed by atoms with van der Waals surface area (Å²) in [5.41, 5.74) is 1.26. The first-order valence-electron chi connectivity index (χ1n) is 10.5. The zero-order valence-corrected chi connectivity index (χ0v) is 18.9. The third-order valence-corrected chi connectivity index (χ3v) is 6.18. The first-order valence-corrected chi connectivity index (χ1v) is 11.3. The highest BCUT2D eigenvalue weighted by Gasteiger charge is 2.32. The summed E-state index contributed by atoms with van der Waals surface area (Å²) in [6, 6.07) is 14.0. The van der Waals surface area contributed by atoms with E-state index in [4.69, 9.17) is 0 Å². The van der Waals surface area contributed by atoms with Gasteiger partial charge in [0.15, 0.2) is 0 Å². The molecule has 0 atom stereocenters. The van der Waals surface area contributed by atoms with Crippen molar-refractivity contribution in [1.29, 1.82) is 0 Å². The van der Waals surface area contributed by atoms with Crippen LogP contribution in [-0.4, -0.2) is 65.6 Å². The normalized spacial score (nSPS) is 15.8.